The van der Waals surface area contributed by atoms with E-state index in [0.29, 0.717) is 18.1 Å². The van der Waals surface area contributed by atoms with Gasteiger partial charge in [0.15, 0.2) is 5.11 Å². The average Bonchev–Trinajstić information content (AvgIpc) is 3.27. The van der Waals surface area contributed by atoms with Crippen LogP contribution in [-0.4, -0.2) is 44.9 Å². The zero-order chi connectivity index (χ0) is 22.0. The van der Waals surface area contributed by atoms with Gasteiger partial charge >= 0.3 is 0 Å². The maximum atomic E-state index is 9.43. The summed E-state index contributed by atoms with van der Waals surface area (Å²) in [7, 11) is 1.67. The number of aliphatic hydroxyl groups excluding tert-OH is 1. The number of aryl methyl sites for hydroxylation is 1. The molecule has 4 rings (SSSR count). The Morgan fingerprint density at radius 3 is 2.58 bits per heavy atom. The van der Waals surface area contributed by atoms with Crippen LogP contribution >= 0.6 is 12.2 Å². The number of hydrogen-bond donors (Lipinski definition) is 2. The zero-order valence-electron chi connectivity index (χ0n) is 18.1. The van der Waals surface area contributed by atoms with Crippen molar-refractivity contribution in [2.24, 2.45) is 0 Å². The first kappa shape index (κ1) is 21.3. The molecule has 3 aromatic rings. The lowest BCUT2D eigenvalue weighted by Crippen LogP contribution is -2.31. The molecule has 2 N–H and O–H groups in total. The van der Waals surface area contributed by atoms with Gasteiger partial charge in [0.05, 0.1) is 24.9 Å². The van der Waals surface area contributed by atoms with E-state index in [0.717, 1.165) is 28.5 Å². The van der Waals surface area contributed by atoms with Gasteiger partial charge in [0, 0.05) is 36.4 Å². The number of pyridine rings is 1. The molecular weight excluding hydrogens is 408 g/mol. The van der Waals surface area contributed by atoms with Crippen molar-refractivity contribution in [3.8, 4) is 11.4 Å². The van der Waals surface area contributed by atoms with Crippen LogP contribution in [-0.2, 0) is 0 Å². The molecule has 0 spiro atoms. The summed E-state index contributed by atoms with van der Waals surface area (Å²) in [6.07, 6.45) is 2.47. The lowest BCUT2D eigenvalue weighted by molar-refractivity contribution is 0.247. The molecule has 2 atom stereocenters. The highest BCUT2D eigenvalue weighted by molar-refractivity contribution is 7.80. The van der Waals surface area contributed by atoms with Crippen molar-refractivity contribution in [2.45, 2.75) is 32.4 Å². The molecule has 1 saturated heterocycles. The molecule has 0 amide bonds. The van der Waals surface area contributed by atoms with Crippen molar-refractivity contribution < 1.29 is 9.84 Å². The molecule has 0 radical (unpaired) electrons. The first-order chi connectivity index (χ1) is 15.0. The highest BCUT2D eigenvalue weighted by atomic mass is 32.1. The Balaban J connectivity index is 1.79. The quantitative estimate of drug-likeness (QED) is 0.549. The van der Waals surface area contributed by atoms with Gasteiger partial charge in [-0.05, 0) is 80.5 Å². The number of aromatic nitrogens is 2. The molecule has 162 valence electrons. The first-order valence-corrected chi connectivity index (χ1v) is 10.9. The number of thiocarbonyl (C=S) groups is 1. The summed E-state index contributed by atoms with van der Waals surface area (Å²) in [5.74, 6) is 0.835. The van der Waals surface area contributed by atoms with E-state index in [-0.39, 0.29) is 18.7 Å². The van der Waals surface area contributed by atoms with Crippen molar-refractivity contribution >= 4 is 17.3 Å². The third kappa shape index (κ3) is 4.03. The van der Waals surface area contributed by atoms with Gasteiger partial charge in [-0.15, -0.1) is 0 Å². The van der Waals surface area contributed by atoms with E-state index in [1.165, 1.54) is 5.56 Å². The van der Waals surface area contributed by atoms with Crippen LogP contribution in [0.3, 0.4) is 0 Å². The molecule has 0 unspecified atom stereocenters. The van der Waals surface area contributed by atoms with E-state index in [2.05, 4.69) is 51.8 Å². The smallest absolute Gasteiger partial charge is 0.170 e. The van der Waals surface area contributed by atoms with Gasteiger partial charge in [-0.25, -0.2) is 0 Å². The number of benzene rings is 1. The highest BCUT2D eigenvalue weighted by Crippen LogP contribution is 2.41. The summed E-state index contributed by atoms with van der Waals surface area (Å²) in [6, 6.07) is 16.2. The Labute approximate surface area is 188 Å². The van der Waals surface area contributed by atoms with Gasteiger partial charge < -0.3 is 24.6 Å². The summed E-state index contributed by atoms with van der Waals surface area (Å²) in [5.41, 5.74) is 5.56. The number of nitrogens with one attached hydrogen (secondary N) is 1. The second-order valence-corrected chi connectivity index (χ2v) is 8.14. The molecule has 1 aliphatic heterocycles. The topological polar surface area (TPSA) is 62.5 Å². The Hall–Kier alpha value is -2.90. The van der Waals surface area contributed by atoms with Crippen molar-refractivity contribution in [2.75, 3.05) is 20.3 Å². The van der Waals surface area contributed by atoms with Gasteiger partial charge in [0.1, 0.15) is 5.75 Å². The summed E-state index contributed by atoms with van der Waals surface area (Å²) < 4.78 is 7.57. The molecular formula is C24H28N4O2S. The van der Waals surface area contributed by atoms with Gasteiger partial charge in [0.2, 0.25) is 0 Å². The van der Waals surface area contributed by atoms with E-state index >= 15 is 0 Å². The fourth-order valence-electron chi connectivity index (χ4n) is 4.44. The van der Waals surface area contributed by atoms with Crippen molar-refractivity contribution in [1.82, 2.24) is 19.8 Å². The lowest BCUT2D eigenvalue weighted by atomic mass is 9.96. The van der Waals surface area contributed by atoms with Crippen LogP contribution < -0.4 is 10.1 Å². The molecule has 1 aliphatic rings. The summed E-state index contributed by atoms with van der Waals surface area (Å²) in [5, 5.41) is 13.6. The van der Waals surface area contributed by atoms with Crippen LogP contribution in [0.15, 0.2) is 54.7 Å². The normalized spacial score (nSPS) is 18.3. The summed E-state index contributed by atoms with van der Waals surface area (Å²) in [6.45, 7) is 5.08. The van der Waals surface area contributed by atoms with E-state index in [9.17, 15) is 5.11 Å². The second kappa shape index (κ2) is 9.08. The lowest BCUT2D eigenvalue weighted by Gasteiger charge is -2.28. The number of aliphatic hydroxyl groups is 1. The third-order valence-corrected chi connectivity index (χ3v) is 6.23. The molecule has 3 heterocycles. The summed E-state index contributed by atoms with van der Waals surface area (Å²) >= 11 is 5.70. The number of methoxy groups -OCH3 is 1. The molecule has 1 aromatic carbocycles. The minimum atomic E-state index is -0.0581. The predicted molar refractivity (Wildman–Crippen MR) is 126 cm³/mol. The van der Waals surface area contributed by atoms with Crippen LogP contribution in [0, 0.1) is 13.8 Å². The van der Waals surface area contributed by atoms with Crippen molar-refractivity contribution in [3.63, 3.8) is 0 Å². The van der Waals surface area contributed by atoms with Gasteiger partial charge in [-0.1, -0.05) is 6.07 Å². The SMILES string of the molecule is COc1ccc(-n2c(C)cc([C@@H]3[C@@H](c4ccccn4)NC(=S)N3CCCO)c2C)cc1. The van der Waals surface area contributed by atoms with Crippen LogP contribution in [0.1, 0.15) is 41.1 Å². The Kier molecular flexibility index (Phi) is 6.25. The maximum absolute atomic E-state index is 9.43. The van der Waals surface area contributed by atoms with E-state index in [1.54, 1.807) is 7.11 Å². The fraction of sp³-hybridized carbons (Fsp3) is 0.333. The van der Waals surface area contributed by atoms with Crippen molar-refractivity contribution in [3.05, 3.63) is 77.4 Å². The number of rotatable bonds is 7. The largest absolute Gasteiger partial charge is 0.497 e. The number of hydrogen-bond acceptors (Lipinski definition) is 4. The molecule has 0 bridgehead atoms. The molecule has 31 heavy (non-hydrogen) atoms. The minimum absolute atomic E-state index is 0.00727. The molecule has 0 aliphatic carbocycles. The maximum Gasteiger partial charge on any atom is 0.170 e. The number of nitrogens with zero attached hydrogens (tertiary/aromatic N) is 3. The average molecular weight is 437 g/mol. The monoisotopic (exact) mass is 436 g/mol. The minimum Gasteiger partial charge on any atom is -0.497 e. The predicted octanol–water partition coefficient (Wildman–Crippen LogP) is 3.85. The third-order valence-electron chi connectivity index (χ3n) is 5.87. The standard InChI is InChI=1S/C24H28N4O2S/c1-16-15-20(17(2)28(16)18-8-10-19(30-3)11-9-18)23-22(21-7-4-5-12-25-21)26-24(31)27(23)13-6-14-29/h4-5,7-12,15,22-23,29H,6,13-14H2,1-3H3,(H,26,31)/t22-,23-/m1/s1. The molecule has 0 saturated carbocycles. The van der Waals surface area contributed by atoms with Crippen LogP contribution in [0.5, 0.6) is 5.75 Å². The van der Waals surface area contributed by atoms with Crippen LogP contribution in [0.4, 0.5) is 0 Å². The number of ether oxygens (including phenoxy) is 1. The molecule has 7 heteroatoms. The second-order valence-electron chi connectivity index (χ2n) is 7.76. The molecule has 1 fully saturated rings. The van der Waals surface area contributed by atoms with E-state index in [4.69, 9.17) is 17.0 Å². The van der Waals surface area contributed by atoms with Crippen molar-refractivity contribution in [1.29, 1.82) is 0 Å². The zero-order valence-corrected chi connectivity index (χ0v) is 18.9. The first-order valence-electron chi connectivity index (χ1n) is 10.5. The van der Waals surface area contributed by atoms with Gasteiger partial charge in [-0.2, -0.15) is 0 Å². The Morgan fingerprint density at radius 2 is 1.94 bits per heavy atom. The molecule has 2 aromatic heterocycles. The Morgan fingerprint density at radius 1 is 1.16 bits per heavy atom. The van der Waals surface area contributed by atoms with E-state index in [1.807, 2.05) is 36.5 Å². The van der Waals surface area contributed by atoms with Crippen LogP contribution in [0.2, 0.25) is 0 Å². The molecule has 6 nitrogen and oxygen atoms in total. The van der Waals surface area contributed by atoms with Gasteiger partial charge in [-0.3, -0.25) is 4.98 Å². The fourth-order valence-corrected chi connectivity index (χ4v) is 4.77. The van der Waals surface area contributed by atoms with E-state index < -0.39 is 0 Å². The Bertz CT molecular complexity index is 1050. The van der Waals surface area contributed by atoms with Crippen LogP contribution in [0.25, 0.3) is 5.69 Å². The van der Waals surface area contributed by atoms with Gasteiger partial charge in [0.25, 0.3) is 0 Å². The highest BCUT2D eigenvalue weighted by Gasteiger charge is 2.41. The summed E-state index contributed by atoms with van der Waals surface area (Å²) in [4.78, 5) is 6.79.